The van der Waals surface area contributed by atoms with Gasteiger partial charge in [0.1, 0.15) is 17.7 Å². The van der Waals surface area contributed by atoms with Gasteiger partial charge in [-0.3, -0.25) is 14.5 Å². The largest absolute Gasteiger partial charge is 0.392 e. The molecule has 1 unspecified atom stereocenters. The van der Waals surface area contributed by atoms with Gasteiger partial charge in [0.05, 0.1) is 11.1 Å². The minimum atomic E-state index is -0.483. The Kier molecular flexibility index (Phi) is 3.61. The number of aryl methyl sites for hydroxylation is 1. The molecular formula is C18H14N2O3S. The Balaban J connectivity index is 1.60. The molecule has 0 spiro atoms. The number of oxime groups is 1. The maximum atomic E-state index is 12.6. The highest BCUT2D eigenvalue weighted by molar-refractivity contribution is 8.14. The van der Waals surface area contributed by atoms with Crippen LogP contribution in [0, 0.1) is 6.92 Å². The van der Waals surface area contributed by atoms with E-state index in [-0.39, 0.29) is 18.4 Å². The maximum Gasteiger partial charge on any atom is 0.262 e. The summed E-state index contributed by atoms with van der Waals surface area (Å²) < 4.78 is 0. The van der Waals surface area contributed by atoms with E-state index in [4.69, 9.17) is 4.84 Å². The van der Waals surface area contributed by atoms with Crippen LogP contribution >= 0.6 is 11.8 Å². The van der Waals surface area contributed by atoms with E-state index in [2.05, 4.69) is 5.16 Å². The van der Waals surface area contributed by atoms with Gasteiger partial charge in [-0.05, 0) is 31.2 Å². The molecule has 2 aromatic rings. The number of benzene rings is 2. The van der Waals surface area contributed by atoms with Crippen LogP contribution < -0.4 is 0 Å². The van der Waals surface area contributed by atoms with Crippen LogP contribution in [0.25, 0.3) is 0 Å². The van der Waals surface area contributed by atoms with E-state index < -0.39 is 6.04 Å². The summed E-state index contributed by atoms with van der Waals surface area (Å²) in [6.07, 6.45) is 0. The molecule has 120 valence electrons. The van der Waals surface area contributed by atoms with Crippen molar-refractivity contribution in [1.82, 2.24) is 4.90 Å². The third-order valence-corrected chi connectivity index (χ3v) is 5.12. The summed E-state index contributed by atoms with van der Waals surface area (Å²) in [4.78, 5) is 32.7. The molecule has 0 N–H and O–H groups in total. The van der Waals surface area contributed by atoms with Gasteiger partial charge in [-0.25, -0.2) is 0 Å². The van der Waals surface area contributed by atoms with Crippen LogP contribution in [0.3, 0.4) is 0 Å². The Labute approximate surface area is 143 Å². The lowest BCUT2D eigenvalue weighted by atomic mass is 10.1. The van der Waals surface area contributed by atoms with Crippen molar-refractivity contribution in [3.8, 4) is 0 Å². The van der Waals surface area contributed by atoms with Gasteiger partial charge in [-0.15, -0.1) is 0 Å². The second-order valence-corrected chi connectivity index (χ2v) is 6.78. The maximum absolute atomic E-state index is 12.6. The molecule has 2 aliphatic heterocycles. The van der Waals surface area contributed by atoms with E-state index in [1.165, 1.54) is 22.2 Å². The molecule has 4 rings (SSSR count). The van der Waals surface area contributed by atoms with Crippen LogP contribution in [-0.2, 0) is 4.84 Å². The first-order valence-corrected chi connectivity index (χ1v) is 8.38. The van der Waals surface area contributed by atoms with Gasteiger partial charge in [0.25, 0.3) is 11.8 Å². The summed E-state index contributed by atoms with van der Waals surface area (Å²) in [6.45, 7) is 2.21. The van der Waals surface area contributed by atoms with Crippen LogP contribution in [0.4, 0.5) is 0 Å². The minimum absolute atomic E-state index is 0.194. The number of hydrogen-bond donors (Lipinski definition) is 0. The lowest BCUT2D eigenvalue weighted by Crippen LogP contribution is -2.44. The Bertz CT molecular complexity index is 826. The van der Waals surface area contributed by atoms with Gasteiger partial charge >= 0.3 is 0 Å². The van der Waals surface area contributed by atoms with Crippen molar-refractivity contribution < 1.29 is 14.4 Å². The van der Waals surface area contributed by atoms with E-state index in [0.717, 1.165) is 4.90 Å². The number of imide groups is 1. The topological polar surface area (TPSA) is 59.0 Å². The van der Waals surface area contributed by atoms with E-state index in [9.17, 15) is 9.59 Å². The summed E-state index contributed by atoms with van der Waals surface area (Å²) >= 11 is 1.42. The summed E-state index contributed by atoms with van der Waals surface area (Å²) in [5.74, 6) is -0.577. The molecule has 2 heterocycles. The Morgan fingerprint density at radius 1 is 1.04 bits per heavy atom. The smallest absolute Gasteiger partial charge is 0.262 e. The van der Waals surface area contributed by atoms with Crippen molar-refractivity contribution in [3.05, 3.63) is 65.2 Å². The molecule has 0 aromatic heterocycles. The third-order valence-electron chi connectivity index (χ3n) is 4.05. The van der Waals surface area contributed by atoms with Crippen LogP contribution in [0.2, 0.25) is 0 Å². The molecule has 6 heteroatoms. The van der Waals surface area contributed by atoms with Gasteiger partial charge in [0.15, 0.2) is 0 Å². The molecule has 0 bridgehead atoms. The van der Waals surface area contributed by atoms with Crippen molar-refractivity contribution in [3.63, 3.8) is 0 Å². The second kappa shape index (κ2) is 5.79. The zero-order chi connectivity index (χ0) is 16.7. The first-order chi connectivity index (χ1) is 11.6. The molecule has 1 atom stereocenters. The average molecular weight is 338 g/mol. The summed E-state index contributed by atoms with van der Waals surface area (Å²) in [6, 6.07) is 14.4. The van der Waals surface area contributed by atoms with Crippen LogP contribution in [-0.4, -0.2) is 34.4 Å². The summed E-state index contributed by atoms with van der Waals surface area (Å²) in [5, 5.41) is 4.66. The number of carbonyl (C=O) groups excluding carboxylic acids is 2. The highest BCUT2D eigenvalue weighted by Crippen LogP contribution is 2.31. The van der Waals surface area contributed by atoms with Gasteiger partial charge in [-0.2, -0.15) is 0 Å². The number of nitrogens with zero attached hydrogens (tertiary/aromatic N) is 2. The third kappa shape index (κ3) is 2.39. The van der Waals surface area contributed by atoms with E-state index in [0.29, 0.717) is 16.2 Å². The first-order valence-electron chi connectivity index (χ1n) is 7.56. The summed E-state index contributed by atoms with van der Waals surface area (Å²) in [5.41, 5.74) is 2.05. The SMILES string of the molecule is Cc1ccc(SC2=NOCC2N2C(=O)c3ccccc3C2=O)cc1. The van der Waals surface area contributed by atoms with Gasteiger partial charge in [-0.1, -0.05) is 46.7 Å². The highest BCUT2D eigenvalue weighted by atomic mass is 32.2. The monoisotopic (exact) mass is 338 g/mol. The first kappa shape index (κ1) is 15.0. The second-order valence-electron chi connectivity index (χ2n) is 5.68. The van der Waals surface area contributed by atoms with Crippen molar-refractivity contribution >= 4 is 28.6 Å². The predicted octanol–water partition coefficient (Wildman–Crippen LogP) is 3.10. The molecule has 5 nitrogen and oxygen atoms in total. The number of thioether (sulfide) groups is 1. The Morgan fingerprint density at radius 3 is 2.29 bits per heavy atom. The molecule has 2 aliphatic rings. The summed E-state index contributed by atoms with van der Waals surface area (Å²) in [7, 11) is 0. The van der Waals surface area contributed by atoms with Crippen molar-refractivity contribution in [2.45, 2.75) is 17.9 Å². The standard InChI is InChI=1S/C18H14N2O3S/c1-11-6-8-12(9-7-11)24-16-15(10-23-19-16)20-17(21)13-4-2-3-5-14(13)18(20)22/h2-9,15H,10H2,1H3. The van der Waals surface area contributed by atoms with E-state index >= 15 is 0 Å². The van der Waals surface area contributed by atoms with Crippen molar-refractivity contribution in [1.29, 1.82) is 0 Å². The molecule has 0 aliphatic carbocycles. The lowest BCUT2D eigenvalue weighted by Gasteiger charge is -2.21. The molecule has 24 heavy (non-hydrogen) atoms. The van der Waals surface area contributed by atoms with Crippen molar-refractivity contribution in [2.24, 2.45) is 5.16 Å². The van der Waals surface area contributed by atoms with E-state index in [1.807, 2.05) is 31.2 Å². The average Bonchev–Trinajstić information content (AvgIpc) is 3.13. The van der Waals surface area contributed by atoms with Crippen LogP contribution in [0.1, 0.15) is 26.3 Å². The number of fused-ring (bicyclic) bond motifs is 1. The van der Waals surface area contributed by atoms with Gasteiger partial charge < -0.3 is 4.84 Å². The quantitative estimate of drug-likeness (QED) is 0.790. The predicted molar refractivity (Wildman–Crippen MR) is 91.2 cm³/mol. The molecule has 2 amide bonds. The van der Waals surface area contributed by atoms with Crippen molar-refractivity contribution in [2.75, 3.05) is 6.61 Å². The van der Waals surface area contributed by atoms with Crippen LogP contribution in [0.15, 0.2) is 58.6 Å². The molecule has 0 radical (unpaired) electrons. The van der Waals surface area contributed by atoms with Gasteiger partial charge in [0.2, 0.25) is 0 Å². The number of hydrogen-bond acceptors (Lipinski definition) is 5. The molecule has 0 saturated carbocycles. The fraction of sp³-hybridized carbons (Fsp3) is 0.167. The molecular weight excluding hydrogens is 324 g/mol. The molecule has 0 saturated heterocycles. The normalized spacial score (nSPS) is 19.3. The molecule has 2 aromatic carbocycles. The zero-order valence-corrected chi connectivity index (χ0v) is 13.7. The van der Waals surface area contributed by atoms with Gasteiger partial charge in [0, 0.05) is 4.90 Å². The number of amides is 2. The number of rotatable bonds is 2. The lowest BCUT2D eigenvalue weighted by molar-refractivity contribution is 0.0565. The highest BCUT2D eigenvalue weighted by Gasteiger charge is 2.44. The van der Waals surface area contributed by atoms with Crippen LogP contribution in [0.5, 0.6) is 0 Å². The number of carbonyl (C=O) groups is 2. The minimum Gasteiger partial charge on any atom is -0.392 e. The Morgan fingerprint density at radius 2 is 1.67 bits per heavy atom. The molecule has 0 fully saturated rings. The Hall–Kier alpha value is -2.60. The zero-order valence-electron chi connectivity index (χ0n) is 12.9. The fourth-order valence-corrected chi connectivity index (χ4v) is 3.71. The van der Waals surface area contributed by atoms with E-state index in [1.54, 1.807) is 24.3 Å². The fourth-order valence-electron chi connectivity index (χ4n) is 2.79.